The SMILES string of the molecule is CC(C)(O)C1(N)CCCS(=O)(=O)C1. The lowest BCUT2D eigenvalue weighted by molar-refractivity contribution is 0.00167. The third kappa shape index (κ3) is 2.21. The Balaban J connectivity index is 2.94. The van der Waals surface area contributed by atoms with Crippen LogP contribution < -0.4 is 5.73 Å². The average molecular weight is 207 g/mol. The molecule has 0 aliphatic carbocycles. The third-order valence-electron chi connectivity index (χ3n) is 2.77. The van der Waals surface area contributed by atoms with Crippen molar-refractivity contribution in [2.75, 3.05) is 11.5 Å². The second-order valence-corrected chi connectivity index (χ2v) is 6.59. The first-order valence-corrected chi connectivity index (χ1v) is 6.20. The Hall–Kier alpha value is -0.130. The van der Waals surface area contributed by atoms with Gasteiger partial charge in [-0.2, -0.15) is 0 Å². The second-order valence-electron chi connectivity index (χ2n) is 4.41. The van der Waals surface area contributed by atoms with Gasteiger partial charge >= 0.3 is 0 Å². The van der Waals surface area contributed by atoms with Crippen LogP contribution in [0.2, 0.25) is 0 Å². The van der Waals surface area contributed by atoms with Crippen molar-refractivity contribution in [3.05, 3.63) is 0 Å². The largest absolute Gasteiger partial charge is 0.389 e. The smallest absolute Gasteiger partial charge is 0.152 e. The van der Waals surface area contributed by atoms with Crippen LogP contribution in [0, 0.1) is 0 Å². The average Bonchev–Trinajstić information content (AvgIpc) is 1.80. The van der Waals surface area contributed by atoms with Gasteiger partial charge in [0.1, 0.15) is 0 Å². The van der Waals surface area contributed by atoms with Gasteiger partial charge in [-0.1, -0.05) is 0 Å². The Labute approximate surface area is 79.0 Å². The van der Waals surface area contributed by atoms with Crippen molar-refractivity contribution in [1.82, 2.24) is 0 Å². The second kappa shape index (κ2) is 2.93. The van der Waals surface area contributed by atoms with Gasteiger partial charge in [0.25, 0.3) is 0 Å². The fourth-order valence-electron chi connectivity index (χ4n) is 1.63. The summed E-state index contributed by atoms with van der Waals surface area (Å²) in [6.07, 6.45) is 1.11. The van der Waals surface area contributed by atoms with Crippen molar-refractivity contribution in [3.8, 4) is 0 Å². The molecule has 1 heterocycles. The molecular weight excluding hydrogens is 190 g/mol. The third-order valence-corrected chi connectivity index (χ3v) is 4.64. The number of nitrogens with two attached hydrogens (primary N) is 1. The van der Waals surface area contributed by atoms with Gasteiger partial charge in [0.15, 0.2) is 9.84 Å². The molecule has 1 aliphatic rings. The molecule has 5 heteroatoms. The molecule has 0 aromatic carbocycles. The van der Waals surface area contributed by atoms with Gasteiger partial charge in [-0.3, -0.25) is 0 Å². The molecule has 1 saturated heterocycles. The van der Waals surface area contributed by atoms with Gasteiger partial charge in [0, 0.05) is 0 Å². The number of sulfone groups is 1. The monoisotopic (exact) mass is 207 g/mol. The first kappa shape index (κ1) is 10.9. The molecule has 0 spiro atoms. The topological polar surface area (TPSA) is 80.4 Å². The molecule has 0 saturated carbocycles. The summed E-state index contributed by atoms with van der Waals surface area (Å²) in [4.78, 5) is 0. The van der Waals surface area contributed by atoms with Crippen molar-refractivity contribution in [1.29, 1.82) is 0 Å². The van der Waals surface area contributed by atoms with Crippen LogP contribution in [0.25, 0.3) is 0 Å². The van der Waals surface area contributed by atoms with E-state index in [1.54, 1.807) is 13.8 Å². The van der Waals surface area contributed by atoms with Crippen molar-refractivity contribution < 1.29 is 13.5 Å². The van der Waals surface area contributed by atoms with E-state index in [1.807, 2.05) is 0 Å². The van der Waals surface area contributed by atoms with Gasteiger partial charge in [-0.15, -0.1) is 0 Å². The first-order valence-electron chi connectivity index (χ1n) is 4.38. The Morgan fingerprint density at radius 2 is 2.00 bits per heavy atom. The van der Waals surface area contributed by atoms with E-state index in [-0.39, 0.29) is 11.5 Å². The van der Waals surface area contributed by atoms with Gasteiger partial charge in [0.05, 0.1) is 22.6 Å². The first-order chi connectivity index (χ1) is 5.66. The van der Waals surface area contributed by atoms with E-state index >= 15 is 0 Å². The Morgan fingerprint density at radius 1 is 1.46 bits per heavy atom. The minimum absolute atomic E-state index is 0.108. The standard InChI is InChI=1S/C8H17NO3S/c1-7(2,10)8(9)4-3-5-13(11,12)6-8/h10H,3-6,9H2,1-2H3. The molecule has 1 rings (SSSR count). The molecule has 0 aromatic rings. The van der Waals surface area contributed by atoms with Crippen molar-refractivity contribution in [3.63, 3.8) is 0 Å². The quantitative estimate of drug-likeness (QED) is 0.616. The minimum Gasteiger partial charge on any atom is -0.389 e. The zero-order chi connectivity index (χ0) is 10.3. The number of hydrogen-bond acceptors (Lipinski definition) is 4. The zero-order valence-corrected chi connectivity index (χ0v) is 8.89. The minimum atomic E-state index is -3.06. The van der Waals surface area contributed by atoms with Gasteiger partial charge in [0.2, 0.25) is 0 Å². The van der Waals surface area contributed by atoms with E-state index in [4.69, 9.17) is 5.73 Å². The van der Waals surface area contributed by atoms with Gasteiger partial charge in [-0.25, -0.2) is 8.42 Å². The predicted octanol–water partition coefficient (Wildman–Crippen LogP) is -0.337. The summed E-state index contributed by atoms with van der Waals surface area (Å²) in [5.74, 6) is 0.0888. The number of aliphatic hydroxyl groups is 1. The highest BCUT2D eigenvalue weighted by Gasteiger charge is 2.45. The van der Waals surface area contributed by atoms with Crippen LogP contribution in [0.1, 0.15) is 26.7 Å². The highest BCUT2D eigenvalue weighted by molar-refractivity contribution is 7.91. The van der Waals surface area contributed by atoms with E-state index in [2.05, 4.69) is 0 Å². The summed E-state index contributed by atoms with van der Waals surface area (Å²) in [5.41, 5.74) is 3.76. The lowest BCUT2D eigenvalue weighted by Crippen LogP contribution is -2.63. The molecule has 3 N–H and O–H groups in total. The lowest BCUT2D eigenvalue weighted by Gasteiger charge is -2.42. The van der Waals surface area contributed by atoms with Crippen molar-refractivity contribution >= 4 is 9.84 Å². The maximum Gasteiger partial charge on any atom is 0.152 e. The van der Waals surface area contributed by atoms with Crippen LogP contribution in [0.15, 0.2) is 0 Å². The van der Waals surface area contributed by atoms with E-state index in [0.717, 1.165) is 0 Å². The molecule has 1 fully saturated rings. The fraction of sp³-hybridized carbons (Fsp3) is 1.00. The van der Waals surface area contributed by atoms with Crippen LogP contribution in [-0.2, 0) is 9.84 Å². The fourth-order valence-corrected chi connectivity index (χ4v) is 3.64. The van der Waals surface area contributed by atoms with E-state index < -0.39 is 21.0 Å². The predicted molar refractivity (Wildman–Crippen MR) is 51.1 cm³/mol. The molecule has 0 bridgehead atoms. The molecule has 0 aromatic heterocycles. The highest BCUT2D eigenvalue weighted by Crippen LogP contribution is 2.30. The van der Waals surface area contributed by atoms with Crippen LogP contribution >= 0.6 is 0 Å². The summed E-state index contributed by atoms with van der Waals surface area (Å²) in [5, 5.41) is 9.74. The Morgan fingerprint density at radius 3 is 2.31 bits per heavy atom. The molecule has 78 valence electrons. The van der Waals surface area contributed by atoms with Gasteiger partial charge < -0.3 is 10.8 Å². The normalized spacial score (nSPS) is 34.5. The van der Waals surface area contributed by atoms with Crippen LogP contribution in [-0.4, -0.2) is 36.2 Å². The molecule has 0 radical (unpaired) electrons. The van der Waals surface area contributed by atoms with Crippen LogP contribution in [0.5, 0.6) is 0 Å². The van der Waals surface area contributed by atoms with Crippen LogP contribution in [0.4, 0.5) is 0 Å². The maximum absolute atomic E-state index is 11.3. The molecule has 1 aliphatic heterocycles. The van der Waals surface area contributed by atoms with Crippen molar-refractivity contribution in [2.45, 2.75) is 37.8 Å². The molecular formula is C8H17NO3S. The molecule has 1 unspecified atom stereocenters. The van der Waals surface area contributed by atoms with E-state index in [9.17, 15) is 13.5 Å². The maximum atomic E-state index is 11.3. The van der Waals surface area contributed by atoms with E-state index in [0.29, 0.717) is 12.8 Å². The Kier molecular flexibility index (Phi) is 2.47. The highest BCUT2D eigenvalue weighted by atomic mass is 32.2. The summed E-state index contributed by atoms with van der Waals surface area (Å²) >= 11 is 0. The summed E-state index contributed by atoms with van der Waals surface area (Å²) < 4.78 is 22.6. The Bertz CT molecular complexity index is 291. The number of hydrogen-bond donors (Lipinski definition) is 2. The zero-order valence-electron chi connectivity index (χ0n) is 8.08. The summed E-state index contributed by atoms with van der Waals surface area (Å²) in [6.45, 7) is 3.13. The summed E-state index contributed by atoms with van der Waals surface area (Å²) in [7, 11) is -3.06. The lowest BCUT2D eigenvalue weighted by atomic mass is 9.81. The van der Waals surface area contributed by atoms with E-state index in [1.165, 1.54) is 0 Å². The molecule has 13 heavy (non-hydrogen) atoms. The summed E-state index contributed by atoms with van der Waals surface area (Å²) in [6, 6.07) is 0. The molecule has 1 atom stereocenters. The number of rotatable bonds is 1. The molecule has 0 amide bonds. The molecule has 4 nitrogen and oxygen atoms in total. The van der Waals surface area contributed by atoms with Crippen molar-refractivity contribution in [2.24, 2.45) is 5.73 Å². The van der Waals surface area contributed by atoms with Crippen LogP contribution in [0.3, 0.4) is 0 Å². The van der Waals surface area contributed by atoms with Gasteiger partial charge in [-0.05, 0) is 26.7 Å².